The van der Waals surface area contributed by atoms with Gasteiger partial charge >= 0.3 is 0 Å². The number of carbonyl (C=O) groups is 2. The van der Waals surface area contributed by atoms with Crippen LogP contribution in [0.4, 0.5) is 4.39 Å². The van der Waals surface area contributed by atoms with Gasteiger partial charge in [-0.2, -0.15) is 0 Å². The van der Waals surface area contributed by atoms with Crippen molar-refractivity contribution in [3.8, 4) is 11.5 Å². The molecule has 1 atom stereocenters. The third kappa shape index (κ3) is 6.72. The van der Waals surface area contributed by atoms with Crippen LogP contribution in [0.1, 0.15) is 68.4 Å². The van der Waals surface area contributed by atoms with Crippen LogP contribution in [0, 0.1) is 11.7 Å². The molecule has 2 aromatic carbocycles. The summed E-state index contributed by atoms with van der Waals surface area (Å²) in [5, 5.41) is 3.11. The zero-order valence-electron chi connectivity index (χ0n) is 20.3. The molecule has 1 aliphatic rings. The Morgan fingerprint density at radius 2 is 1.62 bits per heavy atom. The summed E-state index contributed by atoms with van der Waals surface area (Å²) in [5.41, 5.74) is 1.41. The van der Waals surface area contributed by atoms with Crippen LogP contribution in [-0.4, -0.2) is 43.0 Å². The number of halogens is 1. The van der Waals surface area contributed by atoms with E-state index in [4.69, 9.17) is 9.47 Å². The second-order valence-corrected chi connectivity index (χ2v) is 8.71. The Balaban J connectivity index is 1.56. The van der Waals surface area contributed by atoms with Gasteiger partial charge in [-0.3, -0.25) is 9.59 Å². The van der Waals surface area contributed by atoms with Crippen molar-refractivity contribution >= 4 is 11.8 Å². The van der Waals surface area contributed by atoms with Crippen LogP contribution in [0.25, 0.3) is 0 Å². The minimum absolute atomic E-state index is 0.0104. The highest BCUT2D eigenvalue weighted by Gasteiger charge is 2.28. The van der Waals surface area contributed by atoms with E-state index in [9.17, 15) is 14.0 Å². The maximum Gasteiger partial charge on any atom is 0.253 e. The summed E-state index contributed by atoms with van der Waals surface area (Å²) in [6.07, 6.45) is 3.00. The number of rotatable bonds is 10. The standard InChI is InChI=1S/C27H35FN2O4/c1-4-16-33-24-11-8-22(18-25(24)34-17-5-2)19(3)29-26(31)20-12-14-30(15-13-20)27(32)21-6-9-23(28)10-7-21/h6-11,18-20H,4-5,12-17H2,1-3H3,(H,29,31). The summed E-state index contributed by atoms with van der Waals surface area (Å²) in [6.45, 7) is 8.29. The summed E-state index contributed by atoms with van der Waals surface area (Å²) in [7, 11) is 0. The van der Waals surface area contributed by atoms with Crippen molar-refractivity contribution in [2.75, 3.05) is 26.3 Å². The van der Waals surface area contributed by atoms with Crippen LogP contribution >= 0.6 is 0 Å². The number of amides is 2. The van der Waals surface area contributed by atoms with Crippen LogP contribution in [0.3, 0.4) is 0 Å². The average molecular weight is 471 g/mol. The second kappa shape index (κ2) is 12.4. The topological polar surface area (TPSA) is 67.9 Å². The van der Waals surface area contributed by atoms with E-state index in [0.717, 1.165) is 24.2 Å². The number of hydrogen-bond donors (Lipinski definition) is 1. The van der Waals surface area contributed by atoms with Crippen molar-refractivity contribution in [3.63, 3.8) is 0 Å². The minimum atomic E-state index is -0.367. The molecule has 7 heteroatoms. The van der Waals surface area contributed by atoms with Crippen LogP contribution in [0.15, 0.2) is 42.5 Å². The SMILES string of the molecule is CCCOc1ccc(C(C)NC(=O)C2CCN(C(=O)c3ccc(F)cc3)CC2)cc1OCCC. The highest BCUT2D eigenvalue weighted by Crippen LogP contribution is 2.31. The van der Waals surface area contributed by atoms with Gasteiger partial charge in [0.25, 0.3) is 5.91 Å². The Bertz CT molecular complexity index is 956. The smallest absolute Gasteiger partial charge is 0.253 e. The van der Waals surface area contributed by atoms with Gasteiger partial charge in [0.15, 0.2) is 11.5 Å². The van der Waals surface area contributed by atoms with Gasteiger partial charge in [0, 0.05) is 24.6 Å². The maximum absolute atomic E-state index is 13.1. The number of nitrogens with zero attached hydrogens (tertiary/aromatic N) is 1. The van der Waals surface area contributed by atoms with Gasteiger partial charge in [-0.05, 0) is 74.6 Å². The Labute approximate surface area is 201 Å². The molecule has 1 aliphatic heterocycles. The molecule has 1 N–H and O–H groups in total. The zero-order chi connectivity index (χ0) is 24.5. The highest BCUT2D eigenvalue weighted by molar-refractivity contribution is 5.94. The molecule has 2 amide bonds. The van der Waals surface area contributed by atoms with Crippen molar-refractivity contribution in [1.29, 1.82) is 0 Å². The van der Waals surface area contributed by atoms with Gasteiger partial charge in [-0.25, -0.2) is 4.39 Å². The molecule has 0 saturated carbocycles. The number of nitrogens with one attached hydrogen (secondary N) is 1. The van der Waals surface area contributed by atoms with Crippen molar-refractivity contribution < 1.29 is 23.5 Å². The number of benzene rings is 2. The quantitative estimate of drug-likeness (QED) is 0.523. The van der Waals surface area contributed by atoms with Gasteiger partial charge in [-0.1, -0.05) is 19.9 Å². The van der Waals surface area contributed by atoms with Crippen LogP contribution in [-0.2, 0) is 4.79 Å². The van der Waals surface area contributed by atoms with Gasteiger partial charge in [0.1, 0.15) is 5.82 Å². The molecule has 1 unspecified atom stereocenters. The van der Waals surface area contributed by atoms with Gasteiger partial charge in [-0.15, -0.1) is 0 Å². The molecule has 0 bridgehead atoms. The Kier molecular flexibility index (Phi) is 9.31. The monoisotopic (exact) mass is 470 g/mol. The maximum atomic E-state index is 13.1. The molecule has 0 aliphatic carbocycles. The molecule has 2 aromatic rings. The highest BCUT2D eigenvalue weighted by atomic mass is 19.1. The molecular formula is C27H35FN2O4. The fourth-order valence-corrected chi connectivity index (χ4v) is 3.98. The third-order valence-electron chi connectivity index (χ3n) is 5.99. The van der Waals surface area contributed by atoms with Crippen molar-refractivity contribution in [3.05, 3.63) is 59.4 Å². The number of piperidine rings is 1. The number of ether oxygens (including phenoxy) is 2. The van der Waals surface area contributed by atoms with Crippen molar-refractivity contribution in [2.24, 2.45) is 5.92 Å². The van der Waals surface area contributed by atoms with Crippen LogP contribution in [0.5, 0.6) is 11.5 Å². The molecule has 0 spiro atoms. The Morgan fingerprint density at radius 3 is 2.24 bits per heavy atom. The molecular weight excluding hydrogens is 435 g/mol. The van der Waals surface area contributed by atoms with E-state index >= 15 is 0 Å². The molecule has 1 fully saturated rings. The lowest BCUT2D eigenvalue weighted by Crippen LogP contribution is -2.43. The summed E-state index contributed by atoms with van der Waals surface area (Å²) in [4.78, 5) is 27.3. The predicted molar refractivity (Wildman–Crippen MR) is 130 cm³/mol. The number of carbonyl (C=O) groups excluding carboxylic acids is 2. The molecule has 3 rings (SSSR count). The van der Waals surface area contributed by atoms with E-state index in [1.807, 2.05) is 25.1 Å². The molecule has 1 heterocycles. The van der Waals surface area contributed by atoms with E-state index in [-0.39, 0.29) is 29.6 Å². The lowest BCUT2D eigenvalue weighted by molar-refractivity contribution is -0.127. The van der Waals surface area contributed by atoms with Crippen LogP contribution in [0.2, 0.25) is 0 Å². The van der Waals surface area contributed by atoms with E-state index in [0.29, 0.717) is 50.5 Å². The predicted octanol–water partition coefficient (Wildman–Crippen LogP) is 5.13. The lowest BCUT2D eigenvalue weighted by atomic mass is 9.94. The van der Waals surface area contributed by atoms with Gasteiger partial charge < -0.3 is 19.7 Å². The van der Waals surface area contributed by atoms with E-state index in [1.54, 1.807) is 4.90 Å². The fourth-order valence-electron chi connectivity index (χ4n) is 3.98. The first-order valence-corrected chi connectivity index (χ1v) is 12.2. The molecule has 184 valence electrons. The molecule has 0 radical (unpaired) electrons. The Morgan fingerprint density at radius 1 is 1.00 bits per heavy atom. The van der Waals surface area contributed by atoms with Gasteiger partial charge in [0.2, 0.25) is 5.91 Å². The first-order valence-electron chi connectivity index (χ1n) is 12.2. The summed E-state index contributed by atoms with van der Waals surface area (Å²) < 4.78 is 24.8. The average Bonchev–Trinajstić information content (AvgIpc) is 2.86. The third-order valence-corrected chi connectivity index (χ3v) is 5.99. The lowest BCUT2D eigenvalue weighted by Gasteiger charge is -2.32. The normalized spacial score (nSPS) is 15.0. The van der Waals surface area contributed by atoms with E-state index < -0.39 is 0 Å². The fraction of sp³-hybridized carbons (Fsp3) is 0.481. The summed E-state index contributed by atoms with van der Waals surface area (Å²) >= 11 is 0. The summed E-state index contributed by atoms with van der Waals surface area (Å²) in [5.74, 6) is 0.758. The van der Waals surface area contributed by atoms with E-state index in [2.05, 4.69) is 19.2 Å². The van der Waals surface area contributed by atoms with Crippen molar-refractivity contribution in [1.82, 2.24) is 10.2 Å². The largest absolute Gasteiger partial charge is 0.490 e. The molecule has 34 heavy (non-hydrogen) atoms. The van der Waals surface area contributed by atoms with Gasteiger partial charge in [0.05, 0.1) is 19.3 Å². The molecule has 0 aromatic heterocycles. The molecule has 6 nitrogen and oxygen atoms in total. The first kappa shape index (κ1) is 25.5. The molecule has 1 saturated heterocycles. The number of likely N-dealkylation sites (tertiary alicyclic amines) is 1. The summed E-state index contributed by atoms with van der Waals surface area (Å²) in [6, 6.07) is 11.2. The minimum Gasteiger partial charge on any atom is -0.490 e. The Hall–Kier alpha value is -3.09. The van der Waals surface area contributed by atoms with Crippen LogP contribution < -0.4 is 14.8 Å². The number of hydrogen-bond acceptors (Lipinski definition) is 4. The second-order valence-electron chi connectivity index (χ2n) is 8.71. The zero-order valence-corrected chi connectivity index (χ0v) is 20.3. The first-order chi connectivity index (χ1) is 16.4. The van der Waals surface area contributed by atoms with Crippen molar-refractivity contribution in [2.45, 2.75) is 52.5 Å². The van der Waals surface area contributed by atoms with E-state index in [1.165, 1.54) is 24.3 Å².